The van der Waals surface area contributed by atoms with E-state index in [1.807, 2.05) is 0 Å². The lowest BCUT2D eigenvalue weighted by Gasteiger charge is -2.22. The van der Waals surface area contributed by atoms with Crippen LogP contribution < -0.4 is 10.9 Å². The van der Waals surface area contributed by atoms with Crippen LogP contribution in [0.4, 0.5) is 4.79 Å². The molecule has 0 bridgehead atoms. The van der Waals surface area contributed by atoms with Gasteiger partial charge in [-0.25, -0.2) is 10.2 Å². The lowest BCUT2D eigenvalue weighted by Crippen LogP contribution is -2.49. The van der Waals surface area contributed by atoms with Crippen LogP contribution in [0.25, 0.3) is 0 Å². The number of aliphatic carboxylic acids is 1. The first-order chi connectivity index (χ1) is 9.80. The van der Waals surface area contributed by atoms with Crippen LogP contribution in [0.1, 0.15) is 54.4 Å². The monoisotopic (exact) mass is 318 g/mol. The molecular weight excluding hydrogens is 292 g/mol. The first-order valence-electron chi connectivity index (χ1n) is 6.99. The largest absolute Gasteiger partial charge is 0.480 e. The van der Waals surface area contributed by atoms with Crippen molar-refractivity contribution in [3.05, 3.63) is 0 Å². The molecule has 0 heterocycles. The van der Waals surface area contributed by atoms with Gasteiger partial charge in [-0.2, -0.15) is 0 Å². The molecule has 0 radical (unpaired) electrons. The molecule has 0 aliphatic heterocycles. The molecular formula is C14H26N2O6. The van der Waals surface area contributed by atoms with E-state index in [9.17, 15) is 14.4 Å². The Hall–Kier alpha value is -1.83. The Balaban J connectivity index is 4.31. The predicted octanol–water partition coefficient (Wildman–Crippen LogP) is 1.59. The van der Waals surface area contributed by atoms with Crippen molar-refractivity contribution in [3.63, 3.8) is 0 Å². The van der Waals surface area contributed by atoms with Gasteiger partial charge in [0.1, 0.15) is 17.2 Å². The average Bonchev–Trinajstić information content (AvgIpc) is 2.23. The molecule has 0 aliphatic carbocycles. The van der Waals surface area contributed by atoms with Crippen molar-refractivity contribution in [3.8, 4) is 0 Å². The quantitative estimate of drug-likeness (QED) is 0.503. The molecule has 3 N–H and O–H groups in total. The molecule has 0 aliphatic rings. The molecule has 1 atom stereocenters. The van der Waals surface area contributed by atoms with Gasteiger partial charge in [0.05, 0.1) is 0 Å². The summed E-state index contributed by atoms with van der Waals surface area (Å²) in [5.74, 6) is -1.70. The minimum Gasteiger partial charge on any atom is -0.480 e. The van der Waals surface area contributed by atoms with Crippen LogP contribution in [0, 0.1) is 0 Å². The van der Waals surface area contributed by atoms with Crippen LogP contribution in [0.3, 0.4) is 0 Å². The summed E-state index contributed by atoms with van der Waals surface area (Å²) in [6, 6.07) is -1.12. The van der Waals surface area contributed by atoms with Crippen molar-refractivity contribution in [1.82, 2.24) is 10.9 Å². The lowest BCUT2D eigenvalue weighted by molar-refractivity contribution is -0.155. The number of ether oxygens (including phenoxy) is 2. The number of nitrogens with one attached hydrogen (secondary N) is 2. The smallest absolute Gasteiger partial charge is 0.422 e. The van der Waals surface area contributed by atoms with Crippen LogP contribution in [0.2, 0.25) is 0 Å². The topological polar surface area (TPSA) is 114 Å². The third kappa shape index (κ3) is 10.9. The van der Waals surface area contributed by atoms with Crippen LogP contribution in [0.5, 0.6) is 0 Å². The van der Waals surface area contributed by atoms with Gasteiger partial charge in [0.2, 0.25) is 0 Å². The molecule has 0 unspecified atom stereocenters. The van der Waals surface area contributed by atoms with Crippen molar-refractivity contribution in [2.24, 2.45) is 0 Å². The lowest BCUT2D eigenvalue weighted by atomic mass is 10.1. The summed E-state index contributed by atoms with van der Waals surface area (Å²) in [7, 11) is 0. The van der Waals surface area contributed by atoms with E-state index in [0.29, 0.717) is 0 Å². The maximum absolute atomic E-state index is 11.6. The summed E-state index contributed by atoms with van der Waals surface area (Å²) in [5.41, 5.74) is 3.16. The molecule has 0 spiro atoms. The fraction of sp³-hybridized carbons (Fsp3) is 0.786. The van der Waals surface area contributed by atoms with Crippen molar-refractivity contribution in [1.29, 1.82) is 0 Å². The highest BCUT2D eigenvalue weighted by atomic mass is 16.6. The van der Waals surface area contributed by atoms with Gasteiger partial charge in [0.25, 0.3) is 0 Å². The minimum absolute atomic E-state index is 0.0277. The molecule has 8 heteroatoms. The number of carbonyl (C=O) groups is 3. The minimum atomic E-state index is -1.19. The molecule has 0 saturated carbocycles. The summed E-state index contributed by atoms with van der Waals surface area (Å²) < 4.78 is 10.0. The fourth-order valence-electron chi connectivity index (χ4n) is 1.36. The third-order valence-electron chi connectivity index (χ3n) is 2.10. The molecule has 1 amide bonds. The van der Waals surface area contributed by atoms with E-state index in [0.717, 1.165) is 0 Å². The summed E-state index contributed by atoms with van der Waals surface area (Å²) >= 11 is 0. The van der Waals surface area contributed by atoms with E-state index in [4.69, 9.17) is 14.6 Å². The first-order valence-corrected chi connectivity index (χ1v) is 6.99. The summed E-state index contributed by atoms with van der Waals surface area (Å²) in [6.07, 6.45) is -0.909. The Morgan fingerprint density at radius 3 is 1.91 bits per heavy atom. The summed E-state index contributed by atoms with van der Waals surface area (Å²) in [6.45, 7) is 10.2. The van der Waals surface area contributed by atoms with Gasteiger partial charge in [0, 0.05) is 6.42 Å². The van der Waals surface area contributed by atoms with E-state index >= 15 is 0 Å². The highest BCUT2D eigenvalue weighted by Gasteiger charge is 2.23. The van der Waals surface area contributed by atoms with Crippen molar-refractivity contribution in [2.75, 3.05) is 0 Å². The van der Waals surface area contributed by atoms with Crippen LogP contribution in [0.15, 0.2) is 0 Å². The molecule has 128 valence electrons. The standard InChI is InChI=1S/C14H26N2O6/c1-13(2,3)21-10(17)8-7-9(11(18)19)15-16-12(20)22-14(4,5)6/h9,15H,7-8H2,1-6H3,(H,16,20)(H,18,19)/t9-/m0/s1. The second-order valence-electron chi connectivity index (χ2n) is 6.79. The molecule has 0 aromatic carbocycles. The fourth-order valence-corrected chi connectivity index (χ4v) is 1.36. The van der Waals surface area contributed by atoms with Crippen LogP contribution >= 0.6 is 0 Å². The van der Waals surface area contributed by atoms with E-state index < -0.39 is 35.3 Å². The number of hydrogen-bond donors (Lipinski definition) is 3. The number of esters is 1. The molecule has 0 aromatic rings. The van der Waals surface area contributed by atoms with E-state index in [1.54, 1.807) is 41.5 Å². The van der Waals surface area contributed by atoms with Crippen LogP contribution in [-0.2, 0) is 19.1 Å². The Labute approximate surface area is 130 Å². The predicted molar refractivity (Wildman–Crippen MR) is 79.0 cm³/mol. The van der Waals surface area contributed by atoms with Crippen LogP contribution in [-0.4, -0.2) is 40.4 Å². The Morgan fingerprint density at radius 2 is 1.50 bits per heavy atom. The molecule has 0 aromatic heterocycles. The number of carboxylic acid groups (broad SMARTS) is 1. The molecule has 8 nitrogen and oxygen atoms in total. The number of hydrazine groups is 1. The maximum atomic E-state index is 11.6. The zero-order valence-corrected chi connectivity index (χ0v) is 14.0. The van der Waals surface area contributed by atoms with Gasteiger partial charge in [-0.15, -0.1) is 0 Å². The number of carbonyl (C=O) groups excluding carboxylic acids is 2. The summed E-state index contributed by atoms with van der Waals surface area (Å²) in [4.78, 5) is 34.1. The third-order valence-corrected chi connectivity index (χ3v) is 2.10. The Bertz CT molecular complexity index is 377. The highest BCUT2D eigenvalue weighted by Crippen LogP contribution is 2.10. The van der Waals surface area contributed by atoms with E-state index in [1.165, 1.54) is 0 Å². The second kappa shape index (κ2) is 7.98. The van der Waals surface area contributed by atoms with Crippen molar-refractivity contribution < 1.29 is 29.0 Å². The first kappa shape index (κ1) is 20.2. The summed E-state index contributed by atoms with van der Waals surface area (Å²) in [5, 5.41) is 9.06. The van der Waals surface area contributed by atoms with Gasteiger partial charge >= 0.3 is 18.0 Å². The number of amides is 1. The number of carboxylic acids is 1. The molecule has 0 saturated heterocycles. The van der Waals surface area contributed by atoms with Gasteiger partial charge in [-0.05, 0) is 48.0 Å². The zero-order valence-electron chi connectivity index (χ0n) is 14.0. The normalized spacial score (nSPS) is 13.2. The zero-order chi connectivity index (χ0) is 17.6. The number of hydrogen-bond acceptors (Lipinski definition) is 6. The highest BCUT2D eigenvalue weighted by molar-refractivity contribution is 5.76. The SMILES string of the molecule is CC(C)(C)OC(=O)CC[C@H](NNC(=O)OC(C)(C)C)C(=O)O. The van der Waals surface area contributed by atoms with E-state index in [-0.39, 0.29) is 12.8 Å². The van der Waals surface area contributed by atoms with Crippen molar-refractivity contribution >= 4 is 18.0 Å². The Kier molecular flexibility index (Phi) is 7.31. The maximum Gasteiger partial charge on any atom is 0.422 e. The van der Waals surface area contributed by atoms with E-state index in [2.05, 4.69) is 10.9 Å². The van der Waals surface area contributed by atoms with Crippen molar-refractivity contribution in [2.45, 2.75) is 71.6 Å². The number of rotatable bonds is 6. The molecule has 0 rings (SSSR count). The van der Waals surface area contributed by atoms with Gasteiger partial charge in [-0.3, -0.25) is 15.0 Å². The van der Waals surface area contributed by atoms with Gasteiger partial charge in [-0.1, -0.05) is 0 Å². The Morgan fingerprint density at radius 1 is 1.00 bits per heavy atom. The van der Waals surface area contributed by atoms with Gasteiger partial charge in [0.15, 0.2) is 0 Å². The van der Waals surface area contributed by atoms with Gasteiger partial charge < -0.3 is 14.6 Å². The average molecular weight is 318 g/mol. The second-order valence-corrected chi connectivity index (χ2v) is 6.79. The molecule has 0 fully saturated rings. The molecule has 22 heavy (non-hydrogen) atoms.